The zero-order chi connectivity index (χ0) is 17.8. The second kappa shape index (κ2) is 7.54. The summed E-state index contributed by atoms with van der Waals surface area (Å²) in [6.07, 6.45) is 2.29. The van der Waals surface area contributed by atoms with Gasteiger partial charge in [-0.05, 0) is 31.3 Å². The monoisotopic (exact) mass is 371 g/mol. The number of H-pyrrole nitrogens is 1. The predicted octanol–water partition coefficient (Wildman–Crippen LogP) is 3.73. The lowest BCUT2D eigenvalue weighted by Gasteiger charge is -2.02. The van der Waals surface area contributed by atoms with E-state index in [0.717, 1.165) is 17.1 Å². The minimum atomic E-state index is -0.171. The SMILES string of the molecule is C=CCn1c(Cc2csc(NC(=O)c3ccc(C)cc3)n2)n[nH]c1=S. The van der Waals surface area contributed by atoms with Crippen molar-refractivity contribution in [2.75, 3.05) is 5.32 Å². The number of rotatable bonds is 6. The van der Waals surface area contributed by atoms with E-state index in [1.165, 1.54) is 11.3 Å². The van der Waals surface area contributed by atoms with Crippen LogP contribution in [0.4, 0.5) is 5.13 Å². The maximum Gasteiger partial charge on any atom is 0.257 e. The summed E-state index contributed by atoms with van der Waals surface area (Å²) in [4.78, 5) is 16.7. The molecule has 3 rings (SSSR count). The third kappa shape index (κ3) is 4.09. The third-order valence-electron chi connectivity index (χ3n) is 3.57. The minimum Gasteiger partial charge on any atom is -0.300 e. The Bertz CT molecular complexity index is 952. The molecule has 0 atom stereocenters. The average molecular weight is 371 g/mol. The summed E-state index contributed by atoms with van der Waals surface area (Å²) in [5.74, 6) is 0.613. The second-order valence-corrected chi connectivity index (χ2v) is 6.73. The Balaban J connectivity index is 1.70. The van der Waals surface area contributed by atoms with Crippen molar-refractivity contribution in [1.82, 2.24) is 19.7 Å². The molecular formula is C17H17N5OS2. The molecule has 0 aliphatic rings. The molecule has 2 heterocycles. The summed E-state index contributed by atoms with van der Waals surface area (Å²) in [6.45, 7) is 6.30. The Morgan fingerprint density at radius 2 is 2.20 bits per heavy atom. The molecule has 0 bridgehead atoms. The van der Waals surface area contributed by atoms with E-state index in [1.54, 1.807) is 18.2 Å². The van der Waals surface area contributed by atoms with Gasteiger partial charge in [0.1, 0.15) is 5.82 Å². The van der Waals surface area contributed by atoms with Gasteiger partial charge in [0.2, 0.25) is 0 Å². The summed E-state index contributed by atoms with van der Waals surface area (Å²) in [6, 6.07) is 7.41. The molecule has 0 radical (unpaired) electrons. The van der Waals surface area contributed by atoms with Crippen molar-refractivity contribution in [2.24, 2.45) is 0 Å². The van der Waals surface area contributed by atoms with E-state index in [0.29, 0.717) is 28.4 Å². The third-order valence-corrected chi connectivity index (χ3v) is 4.69. The minimum absolute atomic E-state index is 0.171. The zero-order valence-corrected chi connectivity index (χ0v) is 15.3. The van der Waals surface area contributed by atoms with E-state index in [1.807, 2.05) is 29.0 Å². The van der Waals surface area contributed by atoms with Crippen LogP contribution < -0.4 is 5.32 Å². The molecule has 128 valence electrons. The number of benzene rings is 1. The Morgan fingerprint density at radius 3 is 2.92 bits per heavy atom. The number of hydrogen-bond donors (Lipinski definition) is 2. The van der Waals surface area contributed by atoms with Gasteiger partial charge < -0.3 is 0 Å². The van der Waals surface area contributed by atoms with E-state index in [2.05, 4.69) is 27.1 Å². The normalized spacial score (nSPS) is 10.6. The fourth-order valence-electron chi connectivity index (χ4n) is 2.28. The number of nitrogens with zero attached hydrogens (tertiary/aromatic N) is 3. The number of aromatic amines is 1. The number of hydrogen-bond acceptors (Lipinski definition) is 5. The molecule has 1 aromatic carbocycles. The lowest BCUT2D eigenvalue weighted by Crippen LogP contribution is -2.11. The average Bonchev–Trinajstić information content (AvgIpc) is 3.17. The molecule has 8 heteroatoms. The highest BCUT2D eigenvalue weighted by Gasteiger charge is 2.12. The van der Waals surface area contributed by atoms with Crippen molar-refractivity contribution >= 4 is 34.6 Å². The van der Waals surface area contributed by atoms with Gasteiger partial charge in [-0.3, -0.25) is 19.8 Å². The van der Waals surface area contributed by atoms with Crippen LogP contribution in [0.15, 0.2) is 42.3 Å². The van der Waals surface area contributed by atoms with Gasteiger partial charge >= 0.3 is 0 Å². The highest BCUT2D eigenvalue weighted by molar-refractivity contribution is 7.71. The van der Waals surface area contributed by atoms with Crippen molar-refractivity contribution in [1.29, 1.82) is 0 Å². The number of aryl methyl sites for hydroxylation is 1. The molecule has 25 heavy (non-hydrogen) atoms. The van der Waals surface area contributed by atoms with Crippen LogP contribution >= 0.6 is 23.6 Å². The van der Waals surface area contributed by atoms with Gasteiger partial charge in [0.25, 0.3) is 5.91 Å². The van der Waals surface area contributed by atoms with Crippen molar-refractivity contribution in [3.8, 4) is 0 Å². The van der Waals surface area contributed by atoms with Gasteiger partial charge in [0.15, 0.2) is 9.90 Å². The quantitative estimate of drug-likeness (QED) is 0.511. The first kappa shape index (κ1) is 17.2. The standard InChI is InChI=1S/C17H17N5OS2/c1-3-8-22-14(20-21-17(22)24)9-13-10-25-16(18-13)19-15(23)12-6-4-11(2)5-7-12/h3-7,10H,1,8-9H2,2H3,(H,21,24)(H,18,19,23). The summed E-state index contributed by atoms with van der Waals surface area (Å²) in [7, 11) is 0. The van der Waals surface area contributed by atoms with Crippen LogP contribution in [0.1, 0.15) is 27.4 Å². The van der Waals surface area contributed by atoms with Crippen LogP contribution in [0.3, 0.4) is 0 Å². The number of carbonyl (C=O) groups is 1. The van der Waals surface area contributed by atoms with Gasteiger partial charge in [0.05, 0.1) is 12.1 Å². The Labute approximate surface area is 154 Å². The van der Waals surface area contributed by atoms with Crippen LogP contribution in [-0.2, 0) is 13.0 Å². The first-order valence-corrected chi connectivity index (χ1v) is 8.93. The smallest absolute Gasteiger partial charge is 0.257 e. The molecule has 6 nitrogen and oxygen atoms in total. The molecule has 3 aromatic rings. The lowest BCUT2D eigenvalue weighted by molar-refractivity contribution is 0.102. The second-order valence-electron chi connectivity index (χ2n) is 5.49. The van der Waals surface area contributed by atoms with Gasteiger partial charge in [-0.25, -0.2) is 4.98 Å². The molecule has 0 saturated heterocycles. The number of allylic oxidation sites excluding steroid dienone is 1. The van der Waals surface area contributed by atoms with E-state index in [9.17, 15) is 4.79 Å². The molecule has 0 aliphatic carbocycles. The first-order chi connectivity index (χ1) is 12.1. The molecule has 2 aromatic heterocycles. The predicted molar refractivity (Wildman–Crippen MR) is 102 cm³/mol. The van der Waals surface area contributed by atoms with Crippen molar-refractivity contribution in [2.45, 2.75) is 19.9 Å². The molecule has 1 amide bonds. The molecule has 0 saturated carbocycles. The number of nitrogens with one attached hydrogen (secondary N) is 2. The summed E-state index contributed by atoms with van der Waals surface area (Å²) in [5, 5.41) is 12.3. The highest BCUT2D eigenvalue weighted by Crippen LogP contribution is 2.19. The van der Waals surface area contributed by atoms with Crippen LogP contribution in [0.25, 0.3) is 0 Å². The largest absolute Gasteiger partial charge is 0.300 e. The molecular weight excluding hydrogens is 354 g/mol. The molecule has 0 fully saturated rings. The number of amides is 1. The maximum absolute atomic E-state index is 12.2. The molecule has 0 unspecified atom stereocenters. The Morgan fingerprint density at radius 1 is 1.44 bits per heavy atom. The molecule has 0 spiro atoms. The van der Waals surface area contributed by atoms with Crippen LogP contribution in [0.5, 0.6) is 0 Å². The molecule has 0 aliphatic heterocycles. The van der Waals surface area contributed by atoms with Crippen molar-refractivity contribution in [3.63, 3.8) is 0 Å². The fraction of sp³-hybridized carbons (Fsp3) is 0.176. The van der Waals surface area contributed by atoms with Crippen LogP contribution in [0.2, 0.25) is 0 Å². The van der Waals surface area contributed by atoms with E-state index in [-0.39, 0.29) is 5.91 Å². The fourth-order valence-corrected chi connectivity index (χ4v) is 3.22. The topological polar surface area (TPSA) is 75.6 Å². The summed E-state index contributed by atoms with van der Waals surface area (Å²) < 4.78 is 2.42. The summed E-state index contributed by atoms with van der Waals surface area (Å²) >= 11 is 6.59. The van der Waals surface area contributed by atoms with Gasteiger partial charge in [0, 0.05) is 17.5 Å². The van der Waals surface area contributed by atoms with Crippen LogP contribution in [0, 0.1) is 11.7 Å². The Hall–Kier alpha value is -2.58. The van der Waals surface area contributed by atoms with Crippen LogP contribution in [-0.4, -0.2) is 25.7 Å². The van der Waals surface area contributed by atoms with Crippen molar-refractivity contribution in [3.05, 3.63) is 69.7 Å². The van der Waals surface area contributed by atoms with Gasteiger partial charge in [-0.1, -0.05) is 23.8 Å². The van der Waals surface area contributed by atoms with E-state index >= 15 is 0 Å². The summed E-state index contributed by atoms with van der Waals surface area (Å²) in [5.41, 5.74) is 2.54. The van der Waals surface area contributed by atoms with Gasteiger partial charge in [-0.2, -0.15) is 5.10 Å². The highest BCUT2D eigenvalue weighted by atomic mass is 32.1. The van der Waals surface area contributed by atoms with Gasteiger partial charge in [-0.15, -0.1) is 17.9 Å². The number of carbonyl (C=O) groups excluding carboxylic acids is 1. The van der Waals surface area contributed by atoms with E-state index < -0.39 is 0 Å². The number of anilines is 1. The molecule has 2 N–H and O–H groups in total. The zero-order valence-electron chi connectivity index (χ0n) is 13.7. The maximum atomic E-state index is 12.2. The van der Waals surface area contributed by atoms with Crippen molar-refractivity contribution < 1.29 is 4.79 Å². The lowest BCUT2D eigenvalue weighted by atomic mass is 10.1. The number of aromatic nitrogens is 4. The first-order valence-electron chi connectivity index (χ1n) is 7.64. The van der Waals surface area contributed by atoms with E-state index in [4.69, 9.17) is 12.2 Å². The Kier molecular flexibility index (Phi) is 5.20. The number of thiazole rings is 1.